The van der Waals surface area contributed by atoms with Crippen molar-refractivity contribution in [2.75, 3.05) is 39.6 Å². The highest BCUT2D eigenvalue weighted by molar-refractivity contribution is 7.47. The van der Waals surface area contributed by atoms with Crippen LogP contribution in [-0.2, 0) is 65.4 Å². The van der Waals surface area contributed by atoms with Crippen molar-refractivity contribution in [2.45, 2.75) is 395 Å². The Morgan fingerprint density at radius 3 is 0.755 bits per heavy atom. The lowest BCUT2D eigenvalue weighted by atomic mass is 9.99. The van der Waals surface area contributed by atoms with Gasteiger partial charge >= 0.3 is 39.5 Å². The standard InChI is InChI=1S/C75H146O17P2/c1-9-68(8)54-46-38-30-25-26-32-40-48-56-73(78)86-62-71(92-75(80)58-50-42-34-24-18-17-21-29-37-45-53-67(6)7)64-90-94(83,84)88-60-69(76)59-87-93(81,82)89-63-70(61-85-72(77)55-47-39-31-22-16-12-14-20-28-36-44-52-66(4)5)91-74(79)57-49-41-33-23-15-11-10-13-19-27-35-43-51-65(2)3/h65-71,76H,9-64H2,1-8H3,(H,81,82)(H,83,84)/t68?,69-,70-,71-/m1/s1. The van der Waals surface area contributed by atoms with Crippen LogP contribution in [0.1, 0.15) is 376 Å². The van der Waals surface area contributed by atoms with E-state index in [1.807, 2.05) is 0 Å². The lowest BCUT2D eigenvalue weighted by Crippen LogP contribution is -2.30. The van der Waals surface area contributed by atoms with Crippen molar-refractivity contribution >= 4 is 39.5 Å². The van der Waals surface area contributed by atoms with Crippen LogP contribution >= 0.6 is 15.6 Å². The lowest BCUT2D eigenvalue weighted by molar-refractivity contribution is -0.161. The van der Waals surface area contributed by atoms with E-state index in [1.165, 1.54) is 180 Å². The van der Waals surface area contributed by atoms with Crippen LogP contribution in [0, 0.1) is 23.7 Å². The Labute approximate surface area is 575 Å². The number of hydrogen-bond acceptors (Lipinski definition) is 15. The Morgan fingerprint density at radius 2 is 0.511 bits per heavy atom. The second-order valence-corrected chi connectivity index (χ2v) is 31.6. The summed E-state index contributed by atoms with van der Waals surface area (Å²) >= 11 is 0. The van der Waals surface area contributed by atoms with Gasteiger partial charge in [-0.1, -0.05) is 325 Å². The van der Waals surface area contributed by atoms with E-state index in [0.717, 1.165) is 114 Å². The van der Waals surface area contributed by atoms with Crippen molar-refractivity contribution in [3.8, 4) is 0 Å². The summed E-state index contributed by atoms with van der Waals surface area (Å²) in [6, 6.07) is 0. The van der Waals surface area contributed by atoms with Gasteiger partial charge in [-0.2, -0.15) is 0 Å². The van der Waals surface area contributed by atoms with Gasteiger partial charge < -0.3 is 33.8 Å². The first kappa shape index (κ1) is 92.1. The van der Waals surface area contributed by atoms with Crippen LogP contribution in [0.3, 0.4) is 0 Å². The van der Waals surface area contributed by atoms with Crippen LogP contribution in [0.2, 0.25) is 0 Å². The van der Waals surface area contributed by atoms with Crippen LogP contribution in [-0.4, -0.2) is 96.7 Å². The average molecular weight is 1380 g/mol. The van der Waals surface area contributed by atoms with Gasteiger partial charge in [-0.15, -0.1) is 0 Å². The molecular formula is C75H146O17P2. The Bertz CT molecular complexity index is 1850. The molecule has 558 valence electrons. The van der Waals surface area contributed by atoms with E-state index in [2.05, 4.69) is 55.4 Å². The molecule has 0 saturated carbocycles. The monoisotopic (exact) mass is 1380 g/mol. The largest absolute Gasteiger partial charge is 0.472 e. The number of phosphoric ester groups is 2. The maximum Gasteiger partial charge on any atom is 0.472 e. The number of carbonyl (C=O) groups is 4. The van der Waals surface area contributed by atoms with Gasteiger partial charge in [0.25, 0.3) is 0 Å². The summed E-state index contributed by atoms with van der Waals surface area (Å²) in [4.78, 5) is 72.8. The summed E-state index contributed by atoms with van der Waals surface area (Å²) in [7, 11) is -9.91. The van der Waals surface area contributed by atoms with Gasteiger partial charge in [-0.3, -0.25) is 37.3 Å². The first-order valence-corrected chi connectivity index (χ1v) is 41.7. The Hall–Kier alpha value is -1.94. The van der Waals surface area contributed by atoms with Gasteiger partial charge in [0.05, 0.1) is 26.4 Å². The normalized spacial score (nSPS) is 14.4. The molecule has 0 aromatic carbocycles. The summed E-state index contributed by atoms with van der Waals surface area (Å²) in [6.45, 7) is 14.2. The molecule has 0 radical (unpaired) electrons. The number of aliphatic hydroxyl groups excluding tert-OH is 1. The third-order valence-electron chi connectivity index (χ3n) is 17.7. The predicted octanol–water partition coefficient (Wildman–Crippen LogP) is 21.7. The summed E-state index contributed by atoms with van der Waals surface area (Å²) in [5.41, 5.74) is 0. The van der Waals surface area contributed by atoms with Crippen LogP contribution in [0.5, 0.6) is 0 Å². The molecule has 0 saturated heterocycles. The summed E-state index contributed by atoms with van der Waals surface area (Å²) < 4.78 is 68.5. The van der Waals surface area contributed by atoms with E-state index in [9.17, 15) is 43.2 Å². The SMILES string of the molecule is CCC(C)CCCCCCCCCCC(=O)OC[C@H](COP(=O)(O)OC[C@H](O)COP(=O)(O)OC[C@@H](COC(=O)CCCCCCCCCCCCCC(C)C)OC(=O)CCCCCCCCCCCCCCC(C)C)OC(=O)CCCCCCCCCCCCC(C)C. The Kier molecular flexibility index (Phi) is 63.1. The van der Waals surface area contributed by atoms with E-state index >= 15 is 0 Å². The number of unbranched alkanes of at least 4 members (excludes halogenated alkanes) is 37. The zero-order chi connectivity index (χ0) is 69.6. The predicted molar refractivity (Wildman–Crippen MR) is 381 cm³/mol. The third-order valence-corrected chi connectivity index (χ3v) is 19.6. The molecule has 0 aromatic rings. The van der Waals surface area contributed by atoms with Crippen LogP contribution in [0.25, 0.3) is 0 Å². The van der Waals surface area contributed by atoms with Crippen molar-refractivity contribution in [1.82, 2.24) is 0 Å². The van der Waals surface area contributed by atoms with Crippen molar-refractivity contribution in [1.29, 1.82) is 0 Å². The van der Waals surface area contributed by atoms with Crippen LogP contribution in [0.15, 0.2) is 0 Å². The molecule has 94 heavy (non-hydrogen) atoms. The average Bonchev–Trinajstić information content (AvgIpc) is 2.67. The lowest BCUT2D eigenvalue weighted by Gasteiger charge is -2.21. The number of carbonyl (C=O) groups excluding carboxylic acids is 4. The zero-order valence-electron chi connectivity index (χ0n) is 61.6. The minimum atomic E-state index is -4.96. The molecule has 3 unspecified atom stereocenters. The van der Waals surface area contributed by atoms with Crippen LogP contribution in [0.4, 0.5) is 0 Å². The van der Waals surface area contributed by atoms with Gasteiger partial charge in [0.15, 0.2) is 12.2 Å². The highest BCUT2D eigenvalue weighted by atomic mass is 31.2. The van der Waals surface area contributed by atoms with Crippen molar-refractivity contribution < 1.29 is 80.2 Å². The molecule has 0 spiro atoms. The Morgan fingerprint density at radius 1 is 0.298 bits per heavy atom. The van der Waals surface area contributed by atoms with E-state index in [1.54, 1.807) is 0 Å². The van der Waals surface area contributed by atoms with Gasteiger partial charge in [-0.25, -0.2) is 9.13 Å². The van der Waals surface area contributed by atoms with Gasteiger partial charge in [0.1, 0.15) is 19.3 Å². The fraction of sp³-hybridized carbons (Fsp3) is 0.947. The molecule has 0 rings (SSSR count). The minimum absolute atomic E-state index is 0.105. The number of hydrogen-bond donors (Lipinski definition) is 3. The third kappa shape index (κ3) is 67.3. The second kappa shape index (κ2) is 64.4. The zero-order valence-corrected chi connectivity index (χ0v) is 63.4. The highest BCUT2D eigenvalue weighted by Gasteiger charge is 2.30. The van der Waals surface area contributed by atoms with Crippen molar-refractivity contribution in [3.63, 3.8) is 0 Å². The number of esters is 4. The molecule has 3 N–H and O–H groups in total. The molecule has 0 fully saturated rings. The molecule has 0 aliphatic rings. The molecule has 0 aromatic heterocycles. The highest BCUT2D eigenvalue weighted by Crippen LogP contribution is 2.45. The van der Waals surface area contributed by atoms with Gasteiger partial charge in [0.2, 0.25) is 0 Å². The molecule has 6 atom stereocenters. The minimum Gasteiger partial charge on any atom is -0.462 e. The number of phosphoric acid groups is 2. The molecule has 0 aliphatic carbocycles. The van der Waals surface area contributed by atoms with E-state index < -0.39 is 97.5 Å². The van der Waals surface area contributed by atoms with E-state index in [0.29, 0.717) is 25.7 Å². The molecule has 19 heteroatoms. The van der Waals surface area contributed by atoms with E-state index in [4.69, 9.17) is 37.0 Å². The maximum atomic E-state index is 13.1. The van der Waals surface area contributed by atoms with Gasteiger partial charge in [0, 0.05) is 25.7 Å². The summed E-state index contributed by atoms with van der Waals surface area (Å²) in [5, 5.41) is 10.6. The fourth-order valence-electron chi connectivity index (χ4n) is 11.3. The molecule has 0 aliphatic heterocycles. The van der Waals surface area contributed by atoms with Crippen LogP contribution < -0.4 is 0 Å². The number of aliphatic hydroxyl groups is 1. The topological polar surface area (TPSA) is 237 Å². The fourth-order valence-corrected chi connectivity index (χ4v) is 12.9. The quantitative estimate of drug-likeness (QED) is 0.0222. The Balaban J connectivity index is 5.28. The summed E-state index contributed by atoms with van der Waals surface area (Å²) in [6.07, 6.45) is 48.4. The van der Waals surface area contributed by atoms with Crippen molar-refractivity contribution in [3.05, 3.63) is 0 Å². The molecule has 0 amide bonds. The second-order valence-electron chi connectivity index (χ2n) is 28.7. The molecule has 17 nitrogen and oxygen atoms in total. The van der Waals surface area contributed by atoms with E-state index in [-0.39, 0.29) is 25.7 Å². The number of rotatable bonds is 72. The molecule has 0 heterocycles. The van der Waals surface area contributed by atoms with Crippen molar-refractivity contribution in [2.24, 2.45) is 23.7 Å². The summed E-state index contributed by atoms with van der Waals surface area (Å²) in [5.74, 6) is 0.956. The first-order valence-electron chi connectivity index (χ1n) is 38.7. The van der Waals surface area contributed by atoms with Gasteiger partial charge in [-0.05, 0) is 49.4 Å². The number of ether oxygens (including phenoxy) is 4. The first-order chi connectivity index (χ1) is 45.1. The molecule has 0 bridgehead atoms. The maximum absolute atomic E-state index is 13.1. The smallest absolute Gasteiger partial charge is 0.462 e. The molecular weight excluding hydrogens is 1230 g/mol.